The molecule has 0 atom stereocenters. The van der Waals surface area contributed by atoms with Crippen LogP contribution in [0.1, 0.15) is 11.1 Å². The maximum absolute atomic E-state index is 13.5. The summed E-state index contributed by atoms with van der Waals surface area (Å²) in [5.41, 5.74) is 4.47. The van der Waals surface area contributed by atoms with Crippen LogP contribution in [0.4, 0.5) is 11.4 Å². The van der Waals surface area contributed by atoms with Crippen LogP contribution in [0.25, 0.3) is 0 Å². The lowest BCUT2D eigenvalue weighted by Gasteiger charge is -2.25. The Labute approximate surface area is 253 Å². The van der Waals surface area contributed by atoms with E-state index in [1.54, 1.807) is 91.9 Å². The van der Waals surface area contributed by atoms with E-state index in [4.69, 9.17) is 27.9 Å². The highest BCUT2D eigenvalue weighted by atomic mass is 35.5. The van der Waals surface area contributed by atoms with Gasteiger partial charge in [0.2, 0.25) is 0 Å². The van der Waals surface area contributed by atoms with Crippen molar-refractivity contribution in [2.45, 2.75) is 11.8 Å². The van der Waals surface area contributed by atoms with Crippen LogP contribution in [0, 0.1) is 6.92 Å². The zero-order valence-electron chi connectivity index (χ0n) is 22.3. The number of nitrogens with zero attached hydrogens (tertiary/aromatic N) is 2. The van der Waals surface area contributed by atoms with Crippen LogP contribution in [-0.2, 0) is 19.6 Å². The molecule has 42 heavy (non-hydrogen) atoms. The van der Waals surface area contributed by atoms with Crippen LogP contribution in [0.3, 0.4) is 0 Å². The van der Waals surface area contributed by atoms with Crippen LogP contribution in [-0.4, -0.2) is 39.6 Å². The maximum Gasteiger partial charge on any atom is 0.264 e. The number of carbonyl (C=O) groups is 2. The van der Waals surface area contributed by atoms with Gasteiger partial charge in [0, 0.05) is 15.7 Å². The SMILES string of the molecule is Cc1cc(Cl)ccc1N(CC(=O)N/N=C\c1ccc(OCC(=O)Nc2cccc(Cl)c2)cc1)S(=O)(=O)c1ccccc1. The number of hydrogen-bond acceptors (Lipinski definition) is 6. The summed E-state index contributed by atoms with van der Waals surface area (Å²) >= 11 is 12.0. The standard InChI is InChI=1S/C30H26Cl2N4O5S/c1-21-16-24(32)12-15-28(21)36(42(39,40)27-8-3-2-4-9-27)19-29(37)35-33-18-22-10-13-26(14-11-22)41-20-30(38)34-25-7-5-6-23(31)17-25/h2-18H,19-20H2,1H3,(H,34,38)(H,35,37)/b33-18-. The number of ether oxygens (including phenoxy) is 1. The van der Waals surface area contributed by atoms with E-state index in [-0.39, 0.29) is 17.4 Å². The largest absolute Gasteiger partial charge is 0.484 e. The smallest absolute Gasteiger partial charge is 0.264 e. The van der Waals surface area contributed by atoms with Crippen molar-refractivity contribution < 1.29 is 22.7 Å². The molecular weight excluding hydrogens is 599 g/mol. The van der Waals surface area contributed by atoms with Crippen molar-refractivity contribution in [2.24, 2.45) is 5.10 Å². The fraction of sp³-hybridized carbons (Fsp3) is 0.100. The normalized spacial score (nSPS) is 11.2. The quantitative estimate of drug-likeness (QED) is 0.165. The molecule has 0 unspecified atom stereocenters. The van der Waals surface area contributed by atoms with Crippen LogP contribution < -0.4 is 19.8 Å². The third kappa shape index (κ3) is 8.32. The van der Waals surface area contributed by atoms with Gasteiger partial charge in [-0.3, -0.25) is 13.9 Å². The molecule has 4 rings (SSSR count). The lowest BCUT2D eigenvalue weighted by molar-refractivity contribution is -0.119. The molecule has 0 heterocycles. The fourth-order valence-electron chi connectivity index (χ4n) is 3.82. The van der Waals surface area contributed by atoms with Gasteiger partial charge < -0.3 is 10.1 Å². The van der Waals surface area contributed by atoms with Crippen molar-refractivity contribution in [3.8, 4) is 5.75 Å². The van der Waals surface area contributed by atoms with E-state index < -0.39 is 22.5 Å². The molecule has 0 saturated carbocycles. The molecule has 0 fully saturated rings. The van der Waals surface area contributed by atoms with Crippen LogP contribution in [0.2, 0.25) is 10.0 Å². The zero-order valence-corrected chi connectivity index (χ0v) is 24.7. The first-order chi connectivity index (χ1) is 20.1. The van der Waals surface area contributed by atoms with Crippen molar-refractivity contribution in [2.75, 3.05) is 22.8 Å². The molecule has 0 aliphatic rings. The van der Waals surface area contributed by atoms with Gasteiger partial charge in [-0.15, -0.1) is 0 Å². The summed E-state index contributed by atoms with van der Waals surface area (Å²) in [6.07, 6.45) is 1.40. The molecule has 9 nitrogen and oxygen atoms in total. The minimum atomic E-state index is -4.07. The van der Waals surface area contributed by atoms with Crippen molar-refractivity contribution in [3.63, 3.8) is 0 Å². The number of sulfonamides is 1. The van der Waals surface area contributed by atoms with Crippen molar-refractivity contribution in [3.05, 3.63) is 118 Å². The molecule has 4 aromatic carbocycles. The predicted molar refractivity (Wildman–Crippen MR) is 165 cm³/mol. The Morgan fingerprint density at radius 2 is 1.60 bits per heavy atom. The van der Waals surface area contributed by atoms with Crippen molar-refractivity contribution in [1.29, 1.82) is 0 Å². The lowest BCUT2D eigenvalue weighted by atomic mass is 10.2. The second-order valence-electron chi connectivity index (χ2n) is 8.96. The van der Waals surface area contributed by atoms with Gasteiger partial charge in [0.1, 0.15) is 12.3 Å². The van der Waals surface area contributed by atoms with E-state index in [0.717, 1.165) is 4.31 Å². The van der Waals surface area contributed by atoms with Gasteiger partial charge in [0.05, 0.1) is 16.8 Å². The zero-order chi connectivity index (χ0) is 30.1. The summed E-state index contributed by atoms with van der Waals surface area (Å²) in [5.74, 6) is -0.536. The number of carbonyl (C=O) groups excluding carboxylic acids is 2. The molecule has 2 amide bonds. The predicted octanol–water partition coefficient (Wildman–Crippen LogP) is 5.66. The Balaban J connectivity index is 1.36. The van der Waals surface area contributed by atoms with Crippen molar-refractivity contribution in [1.82, 2.24) is 5.43 Å². The van der Waals surface area contributed by atoms with E-state index >= 15 is 0 Å². The molecular formula is C30H26Cl2N4O5S. The van der Waals surface area contributed by atoms with Crippen LogP contribution >= 0.6 is 23.2 Å². The Morgan fingerprint density at radius 3 is 2.29 bits per heavy atom. The Hall–Kier alpha value is -4.38. The number of nitrogens with one attached hydrogen (secondary N) is 2. The summed E-state index contributed by atoms with van der Waals surface area (Å²) in [4.78, 5) is 25.0. The molecule has 216 valence electrons. The number of halogens is 2. The molecule has 0 radical (unpaired) electrons. The van der Waals surface area contributed by atoms with E-state index in [1.165, 1.54) is 18.3 Å². The highest BCUT2D eigenvalue weighted by Gasteiger charge is 2.28. The number of aryl methyl sites for hydroxylation is 1. The number of amides is 2. The summed E-state index contributed by atoms with van der Waals surface area (Å²) in [6, 6.07) is 26.0. The average Bonchev–Trinajstić information content (AvgIpc) is 2.96. The number of hydrazone groups is 1. The molecule has 0 spiro atoms. The minimum Gasteiger partial charge on any atom is -0.484 e. The van der Waals surface area contributed by atoms with Gasteiger partial charge in [-0.2, -0.15) is 5.10 Å². The molecule has 0 bridgehead atoms. The molecule has 0 aromatic heterocycles. The Morgan fingerprint density at radius 1 is 0.881 bits per heavy atom. The molecule has 12 heteroatoms. The summed E-state index contributed by atoms with van der Waals surface area (Å²) < 4.78 is 33.5. The average molecular weight is 626 g/mol. The monoisotopic (exact) mass is 624 g/mol. The number of benzene rings is 4. The highest BCUT2D eigenvalue weighted by Crippen LogP contribution is 2.28. The fourth-order valence-corrected chi connectivity index (χ4v) is 5.75. The van der Waals surface area contributed by atoms with E-state index in [0.29, 0.717) is 38.3 Å². The molecule has 0 saturated heterocycles. The summed E-state index contributed by atoms with van der Waals surface area (Å²) in [5, 5.41) is 7.60. The highest BCUT2D eigenvalue weighted by molar-refractivity contribution is 7.92. The minimum absolute atomic E-state index is 0.0416. The Kier molecular flexibility index (Phi) is 10.2. The topological polar surface area (TPSA) is 117 Å². The van der Waals surface area contributed by atoms with E-state index in [9.17, 15) is 18.0 Å². The second-order valence-corrected chi connectivity index (χ2v) is 11.7. The van der Waals surface area contributed by atoms with E-state index in [1.807, 2.05) is 0 Å². The third-order valence-corrected chi connectivity index (χ3v) is 8.05. The van der Waals surface area contributed by atoms with Crippen LogP contribution in [0.15, 0.2) is 107 Å². The van der Waals surface area contributed by atoms with Crippen LogP contribution in [0.5, 0.6) is 5.75 Å². The van der Waals surface area contributed by atoms with E-state index in [2.05, 4.69) is 15.8 Å². The summed E-state index contributed by atoms with van der Waals surface area (Å²) in [7, 11) is -4.07. The van der Waals surface area contributed by atoms with Gasteiger partial charge in [-0.05, 0) is 90.8 Å². The molecule has 0 aliphatic carbocycles. The number of rotatable bonds is 11. The summed E-state index contributed by atoms with van der Waals surface area (Å²) in [6.45, 7) is 0.996. The Bertz CT molecular complexity index is 1700. The van der Waals surface area contributed by atoms with Gasteiger partial charge >= 0.3 is 0 Å². The second kappa shape index (κ2) is 14.0. The molecule has 2 N–H and O–H groups in total. The number of hydrogen-bond donors (Lipinski definition) is 2. The van der Waals surface area contributed by atoms with Crippen molar-refractivity contribution >= 4 is 62.6 Å². The first-order valence-corrected chi connectivity index (χ1v) is 14.8. The first kappa shape index (κ1) is 30.6. The van der Waals surface area contributed by atoms with Gasteiger partial charge in [-0.25, -0.2) is 13.8 Å². The maximum atomic E-state index is 13.5. The van der Waals surface area contributed by atoms with Gasteiger partial charge in [0.25, 0.3) is 21.8 Å². The number of anilines is 2. The first-order valence-electron chi connectivity index (χ1n) is 12.6. The molecule has 0 aliphatic heterocycles. The third-order valence-electron chi connectivity index (χ3n) is 5.81. The van der Waals surface area contributed by atoms with Gasteiger partial charge in [0.15, 0.2) is 6.61 Å². The van der Waals surface area contributed by atoms with Gasteiger partial charge in [-0.1, -0.05) is 47.5 Å². The lowest BCUT2D eigenvalue weighted by Crippen LogP contribution is -2.40. The molecule has 4 aromatic rings.